The highest BCUT2D eigenvalue weighted by atomic mass is 32.1. The number of anilines is 2. The molecular weight excluding hydrogens is 352 g/mol. The Hall–Kier alpha value is -2.92. The number of rotatable bonds is 4. The summed E-state index contributed by atoms with van der Waals surface area (Å²) in [6, 6.07) is 21.1. The van der Waals surface area contributed by atoms with Crippen molar-refractivity contribution >= 4 is 34.0 Å². The Bertz CT molecular complexity index is 1070. The van der Waals surface area contributed by atoms with E-state index in [1.807, 2.05) is 12.1 Å². The average Bonchev–Trinajstić information content (AvgIpc) is 3.25. The van der Waals surface area contributed by atoms with Gasteiger partial charge in [0.05, 0.1) is 12.1 Å². The van der Waals surface area contributed by atoms with E-state index >= 15 is 0 Å². The summed E-state index contributed by atoms with van der Waals surface area (Å²) < 4.78 is 0. The van der Waals surface area contributed by atoms with Gasteiger partial charge in [-0.25, -0.2) is 4.98 Å². The van der Waals surface area contributed by atoms with Gasteiger partial charge in [0, 0.05) is 23.4 Å². The van der Waals surface area contributed by atoms with E-state index in [1.165, 1.54) is 16.0 Å². The predicted octanol–water partition coefficient (Wildman–Crippen LogP) is 4.87. The molecule has 1 N–H and O–H groups in total. The van der Waals surface area contributed by atoms with E-state index in [2.05, 4.69) is 64.1 Å². The Balaban J connectivity index is 1.49. The molecule has 3 heterocycles. The van der Waals surface area contributed by atoms with E-state index in [9.17, 15) is 0 Å². The third-order valence-electron chi connectivity index (χ3n) is 5.02. The Labute approximate surface area is 162 Å². The number of benzene rings is 2. The molecule has 0 fully saturated rings. The molecule has 4 nitrogen and oxygen atoms in total. The lowest BCUT2D eigenvalue weighted by Crippen LogP contribution is -2.31. The van der Waals surface area contributed by atoms with Gasteiger partial charge in [-0.2, -0.15) is 4.98 Å². The largest absolute Gasteiger partial charge is 0.364 e. The molecule has 0 radical (unpaired) electrons. The van der Waals surface area contributed by atoms with Crippen LogP contribution in [0, 0.1) is 0 Å². The van der Waals surface area contributed by atoms with Gasteiger partial charge >= 0.3 is 0 Å². The van der Waals surface area contributed by atoms with E-state index in [1.54, 1.807) is 11.3 Å². The second-order valence-corrected chi connectivity index (χ2v) is 7.79. The minimum atomic E-state index is 0.779. The van der Waals surface area contributed by atoms with Crippen molar-refractivity contribution in [1.29, 1.82) is 0 Å². The third-order valence-corrected chi connectivity index (χ3v) is 5.89. The molecule has 4 aromatic rings. The van der Waals surface area contributed by atoms with Crippen LogP contribution in [0.25, 0.3) is 10.9 Å². The fraction of sp³-hybridized carbons (Fsp3) is 0.182. The van der Waals surface area contributed by atoms with Crippen molar-refractivity contribution < 1.29 is 0 Å². The number of nitrogens with zero attached hydrogens (tertiary/aromatic N) is 3. The summed E-state index contributed by atoms with van der Waals surface area (Å²) in [6.07, 6.45) is 1.03. The standard InChI is InChI=1S/C22H20N4S/c1-2-7-17-15-26(12-11-16(17)6-1)22-24-20-10-4-3-9-19(20)21(25-22)23-14-18-8-5-13-27-18/h1-10,13H,11-12,14-15H2,(H,23,24,25). The van der Waals surface area contributed by atoms with Crippen molar-refractivity contribution in [2.24, 2.45) is 0 Å². The van der Waals surface area contributed by atoms with Gasteiger partial charge in [-0.3, -0.25) is 0 Å². The molecule has 27 heavy (non-hydrogen) atoms. The molecule has 0 saturated heterocycles. The molecule has 2 aromatic carbocycles. The highest BCUT2D eigenvalue weighted by molar-refractivity contribution is 7.09. The van der Waals surface area contributed by atoms with Crippen molar-refractivity contribution in [2.75, 3.05) is 16.8 Å². The van der Waals surface area contributed by atoms with Crippen LogP contribution < -0.4 is 10.2 Å². The minimum Gasteiger partial charge on any atom is -0.364 e. The molecule has 5 heteroatoms. The maximum Gasteiger partial charge on any atom is 0.228 e. The summed E-state index contributed by atoms with van der Waals surface area (Å²) in [5.74, 6) is 1.71. The molecule has 1 aliphatic rings. The van der Waals surface area contributed by atoms with E-state index < -0.39 is 0 Å². The first-order valence-corrected chi connectivity index (χ1v) is 10.1. The fourth-order valence-corrected chi connectivity index (χ4v) is 4.24. The van der Waals surface area contributed by atoms with Gasteiger partial charge in [-0.05, 0) is 41.1 Å². The zero-order chi connectivity index (χ0) is 18.1. The zero-order valence-electron chi connectivity index (χ0n) is 14.9. The van der Waals surface area contributed by atoms with Crippen molar-refractivity contribution in [3.05, 3.63) is 82.0 Å². The molecule has 134 valence electrons. The lowest BCUT2D eigenvalue weighted by molar-refractivity contribution is 0.710. The molecule has 5 rings (SSSR count). The second-order valence-electron chi connectivity index (χ2n) is 6.76. The summed E-state index contributed by atoms with van der Waals surface area (Å²) in [4.78, 5) is 13.3. The van der Waals surface area contributed by atoms with E-state index in [-0.39, 0.29) is 0 Å². The number of hydrogen-bond acceptors (Lipinski definition) is 5. The summed E-state index contributed by atoms with van der Waals surface area (Å²) in [5, 5.41) is 6.69. The third kappa shape index (κ3) is 3.26. The summed E-state index contributed by atoms with van der Waals surface area (Å²) in [7, 11) is 0. The van der Waals surface area contributed by atoms with E-state index in [0.29, 0.717) is 0 Å². The minimum absolute atomic E-state index is 0.779. The normalized spacial score (nSPS) is 13.6. The van der Waals surface area contributed by atoms with E-state index in [4.69, 9.17) is 9.97 Å². The first-order valence-electron chi connectivity index (χ1n) is 9.21. The maximum absolute atomic E-state index is 4.91. The smallest absolute Gasteiger partial charge is 0.228 e. The monoisotopic (exact) mass is 372 g/mol. The van der Waals surface area contributed by atoms with Gasteiger partial charge in [0.1, 0.15) is 5.82 Å². The van der Waals surface area contributed by atoms with Gasteiger partial charge in [-0.1, -0.05) is 42.5 Å². The van der Waals surface area contributed by atoms with Crippen molar-refractivity contribution in [2.45, 2.75) is 19.5 Å². The molecule has 1 aliphatic heterocycles. The molecule has 0 atom stereocenters. The van der Waals surface area contributed by atoms with Crippen LogP contribution in [0.1, 0.15) is 16.0 Å². The molecule has 2 aromatic heterocycles. The second kappa shape index (κ2) is 7.00. The summed E-state index contributed by atoms with van der Waals surface area (Å²) in [5.41, 5.74) is 3.79. The Morgan fingerprint density at radius 3 is 2.67 bits per heavy atom. The number of hydrogen-bond donors (Lipinski definition) is 1. The van der Waals surface area contributed by atoms with Crippen molar-refractivity contribution in [3.8, 4) is 0 Å². The Morgan fingerprint density at radius 2 is 1.78 bits per heavy atom. The first-order chi connectivity index (χ1) is 13.4. The molecular formula is C22H20N4S. The molecule has 0 unspecified atom stereocenters. The van der Waals surface area contributed by atoms with Gasteiger partial charge in [0.25, 0.3) is 0 Å². The molecule has 0 saturated carbocycles. The molecule has 0 aliphatic carbocycles. The highest BCUT2D eigenvalue weighted by Gasteiger charge is 2.19. The van der Waals surface area contributed by atoms with Gasteiger partial charge in [-0.15, -0.1) is 11.3 Å². The van der Waals surface area contributed by atoms with Gasteiger partial charge < -0.3 is 10.2 Å². The fourth-order valence-electron chi connectivity index (χ4n) is 3.59. The van der Waals surface area contributed by atoms with E-state index in [0.717, 1.165) is 48.7 Å². The van der Waals surface area contributed by atoms with Crippen LogP contribution in [-0.4, -0.2) is 16.5 Å². The number of nitrogens with one attached hydrogen (secondary N) is 1. The molecule has 0 bridgehead atoms. The summed E-state index contributed by atoms with van der Waals surface area (Å²) in [6.45, 7) is 2.58. The number of thiophene rings is 1. The van der Waals surface area contributed by atoms with Crippen LogP contribution in [0.5, 0.6) is 0 Å². The quantitative estimate of drug-likeness (QED) is 0.555. The van der Waals surface area contributed by atoms with Gasteiger partial charge in [0.15, 0.2) is 0 Å². The number of fused-ring (bicyclic) bond motifs is 2. The molecule has 0 spiro atoms. The number of para-hydroxylation sites is 1. The van der Waals surface area contributed by atoms with Crippen LogP contribution in [0.15, 0.2) is 66.0 Å². The van der Waals surface area contributed by atoms with Gasteiger partial charge in [0.2, 0.25) is 5.95 Å². The maximum atomic E-state index is 4.91. The van der Waals surface area contributed by atoms with Crippen molar-refractivity contribution in [3.63, 3.8) is 0 Å². The predicted molar refractivity (Wildman–Crippen MR) is 112 cm³/mol. The SMILES string of the molecule is c1csc(CNc2nc(N3CCc4ccccc4C3)nc3ccccc23)c1. The van der Waals surface area contributed by atoms with Crippen LogP contribution >= 0.6 is 11.3 Å². The Kier molecular flexibility index (Phi) is 4.22. The summed E-state index contributed by atoms with van der Waals surface area (Å²) >= 11 is 1.76. The Morgan fingerprint density at radius 1 is 0.926 bits per heavy atom. The van der Waals surface area contributed by atoms with Crippen LogP contribution in [0.3, 0.4) is 0 Å². The van der Waals surface area contributed by atoms with Crippen LogP contribution in [0.4, 0.5) is 11.8 Å². The lowest BCUT2D eigenvalue weighted by atomic mass is 10.0. The lowest BCUT2D eigenvalue weighted by Gasteiger charge is -2.29. The van der Waals surface area contributed by atoms with Crippen LogP contribution in [0.2, 0.25) is 0 Å². The average molecular weight is 372 g/mol. The highest BCUT2D eigenvalue weighted by Crippen LogP contribution is 2.27. The molecule has 0 amide bonds. The number of aromatic nitrogens is 2. The zero-order valence-corrected chi connectivity index (χ0v) is 15.7. The topological polar surface area (TPSA) is 41.1 Å². The first kappa shape index (κ1) is 16.3. The van der Waals surface area contributed by atoms with Crippen molar-refractivity contribution in [1.82, 2.24) is 9.97 Å². The van der Waals surface area contributed by atoms with Crippen LogP contribution in [-0.2, 0) is 19.5 Å².